The van der Waals surface area contributed by atoms with Gasteiger partial charge in [-0.05, 0) is 67.6 Å². The van der Waals surface area contributed by atoms with Gasteiger partial charge in [-0.3, -0.25) is 0 Å². The number of allylic oxidation sites excluding steroid dienone is 1. The van der Waals surface area contributed by atoms with Crippen LogP contribution in [0.2, 0.25) is 0 Å². The first-order valence-electron chi connectivity index (χ1n) is 7.16. The molecule has 1 nitrogen and oxygen atoms in total. The van der Waals surface area contributed by atoms with E-state index in [0.717, 1.165) is 17.8 Å². The van der Waals surface area contributed by atoms with Crippen LogP contribution < -0.4 is 0 Å². The molecule has 4 saturated carbocycles. The fraction of sp³-hybridized carbons (Fsp3) is 0.529. The van der Waals surface area contributed by atoms with E-state index < -0.39 is 0 Å². The Labute approximate surface area is 109 Å². The topological polar surface area (TPSA) is 20.2 Å². The van der Waals surface area contributed by atoms with Crippen molar-refractivity contribution in [2.45, 2.75) is 37.5 Å². The molecule has 0 aliphatic heterocycles. The summed E-state index contributed by atoms with van der Waals surface area (Å²) in [7, 11) is 0. The molecule has 0 heterocycles. The van der Waals surface area contributed by atoms with Gasteiger partial charge in [-0.25, -0.2) is 0 Å². The molecule has 4 aliphatic rings. The molecule has 4 aliphatic carbocycles. The van der Waals surface area contributed by atoms with Crippen LogP contribution >= 0.6 is 0 Å². The first-order valence-corrected chi connectivity index (χ1v) is 7.16. The van der Waals surface area contributed by atoms with E-state index in [2.05, 4.69) is 12.6 Å². The van der Waals surface area contributed by atoms with Gasteiger partial charge in [0.15, 0.2) is 0 Å². The van der Waals surface area contributed by atoms with Crippen LogP contribution in [0.15, 0.2) is 36.4 Å². The van der Waals surface area contributed by atoms with E-state index >= 15 is 0 Å². The predicted octanol–water partition coefficient (Wildman–Crippen LogP) is 4.03. The fourth-order valence-corrected chi connectivity index (χ4v) is 5.13. The largest absolute Gasteiger partial charge is 0.508 e. The van der Waals surface area contributed by atoms with E-state index in [4.69, 9.17) is 0 Å². The van der Waals surface area contributed by atoms with E-state index in [9.17, 15) is 5.11 Å². The summed E-state index contributed by atoms with van der Waals surface area (Å²) in [5.41, 5.74) is 2.96. The van der Waals surface area contributed by atoms with Crippen molar-refractivity contribution in [2.24, 2.45) is 17.8 Å². The van der Waals surface area contributed by atoms with E-state index in [1.807, 2.05) is 12.1 Å². The van der Waals surface area contributed by atoms with Crippen molar-refractivity contribution in [3.63, 3.8) is 0 Å². The van der Waals surface area contributed by atoms with E-state index in [-0.39, 0.29) is 5.41 Å². The zero-order valence-electron chi connectivity index (χ0n) is 10.7. The van der Waals surface area contributed by atoms with Gasteiger partial charge >= 0.3 is 0 Å². The molecular formula is C17H20O. The highest BCUT2D eigenvalue weighted by molar-refractivity contribution is 5.43. The van der Waals surface area contributed by atoms with Gasteiger partial charge < -0.3 is 5.11 Å². The van der Waals surface area contributed by atoms with Crippen molar-refractivity contribution in [2.75, 3.05) is 0 Å². The Morgan fingerprint density at radius 1 is 1.11 bits per heavy atom. The minimum absolute atomic E-state index is 0.188. The summed E-state index contributed by atoms with van der Waals surface area (Å²) in [5, 5.41) is 9.77. The highest BCUT2D eigenvalue weighted by Gasteiger charge is 2.53. The zero-order chi connectivity index (χ0) is 12.3. The molecule has 0 amide bonds. The van der Waals surface area contributed by atoms with Crippen molar-refractivity contribution in [1.29, 1.82) is 0 Å². The minimum atomic E-state index is 0.188. The second-order valence-corrected chi connectivity index (χ2v) is 6.70. The Hall–Kier alpha value is -1.24. The highest BCUT2D eigenvalue weighted by Crippen LogP contribution is 2.62. The molecule has 0 saturated heterocycles. The third kappa shape index (κ3) is 1.28. The molecule has 18 heavy (non-hydrogen) atoms. The fourth-order valence-electron chi connectivity index (χ4n) is 5.13. The lowest BCUT2D eigenvalue weighted by Crippen LogP contribution is -2.50. The normalized spacial score (nSPS) is 41.3. The first-order chi connectivity index (χ1) is 8.67. The van der Waals surface area contributed by atoms with Gasteiger partial charge in [-0.15, -0.1) is 0 Å². The predicted molar refractivity (Wildman–Crippen MR) is 72.5 cm³/mol. The molecular weight excluding hydrogens is 220 g/mol. The van der Waals surface area contributed by atoms with Gasteiger partial charge in [-0.1, -0.05) is 24.3 Å². The lowest BCUT2D eigenvalue weighted by atomic mass is 9.46. The Kier molecular flexibility index (Phi) is 2.02. The lowest BCUT2D eigenvalue weighted by molar-refractivity contribution is 0.0472. The number of phenolic OH excluding ortho intramolecular Hbond substituents is 1. The van der Waals surface area contributed by atoms with Crippen LogP contribution in [-0.4, -0.2) is 5.11 Å². The van der Waals surface area contributed by atoms with Crippen LogP contribution in [0, 0.1) is 17.8 Å². The van der Waals surface area contributed by atoms with Crippen molar-refractivity contribution >= 4 is 0 Å². The number of hydrogen-bond acceptors (Lipinski definition) is 1. The van der Waals surface area contributed by atoms with Gasteiger partial charge in [0.05, 0.1) is 0 Å². The molecule has 1 aromatic rings. The Bertz CT molecular complexity index is 502. The molecule has 2 unspecified atom stereocenters. The number of rotatable bonds is 1. The molecule has 0 radical (unpaired) electrons. The van der Waals surface area contributed by atoms with E-state index in [1.54, 1.807) is 6.07 Å². The molecule has 0 spiro atoms. The van der Waals surface area contributed by atoms with Gasteiger partial charge in [-0.2, -0.15) is 0 Å². The summed E-state index contributed by atoms with van der Waals surface area (Å²) >= 11 is 0. The molecule has 2 atom stereocenters. The summed E-state index contributed by atoms with van der Waals surface area (Å²) in [6.45, 7) is 4.45. The monoisotopic (exact) mass is 240 g/mol. The van der Waals surface area contributed by atoms with Crippen molar-refractivity contribution < 1.29 is 5.11 Å². The Morgan fingerprint density at radius 3 is 2.50 bits per heavy atom. The lowest BCUT2D eigenvalue weighted by Gasteiger charge is -2.58. The van der Waals surface area contributed by atoms with Crippen LogP contribution in [-0.2, 0) is 5.41 Å². The summed E-state index contributed by atoms with van der Waals surface area (Å²) in [6.07, 6.45) is 6.71. The molecule has 1 heteroatoms. The minimum Gasteiger partial charge on any atom is -0.508 e. The van der Waals surface area contributed by atoms with Crippen molar-refractivity contribution in [3.8, 4) is 5.75 Å². The summed E-state index contributed by atoms with van der Waals surface area (Å²) in [4.78, 5) is 0. The molecule has 4 bridgehead atoms. The third-order valence-electron chi connectivity index (χ3n) is 5.68. The Morgan fingerprint density at radius 2 is 1.83 bits per heavy atom. The van der Waals surface area contributed by atoms with Crippen LogP contribution in [0.25, 0.3) is 0 Å². The summed E-state index contributed by atoms with van der Waals surface area (Å²) < 4.78 is 0. The van der Waals surface area contributed by atoms with Gasteiger partial charge in [0, 0.05) is 5.41 Å². The van der Waals surface area contributed by atoms with E-state index in [1.165, 1.54) is 43.2 Å². The highest BCUT2D eigenvalue weighted by atomic mass is 16.3. The standard InChI is InChI=1S/C17H20O/c1-11-14-6-12-5-13(7-14)10-17(11,9-12)15-3-2-4-16(18)8-15/h2-4,8,12-14,18H,1,5-7,9-10H2. The SMILES string of the molecule is C=C1C2CC3CC(C2)CC1(c1cccc(O)c1)C3. The second-order valence-electron chi connectivity index (χ2n) is 6.70. The number of aromatic hydroxyl groups is 1. The molecule has 94 valence electrons. The molecule has 4 fully saturated rings. The first kappa shape index (κ1) is 10.7. The average molecular weight is 240 g/mol. The molecule has 1 N–H and O–H groups in total. The number of hydrogen-bond donors (Lipinski definition) is 1. The third-order valence-corrected chi connectivity index (χ3v) is 5.68. The molecule has 1 aromatic carbocycles. The smallest absolute Gasteiger partial charge is 0.115 e. The maximum Gasteiger partial charge on any atom is 0.115 e. The quantitative estimate of drug-likeness (QED) is 0.735. The van der Waals surface area contributed by atoms with Crippen LogP contribution in [0.3, 0.4) is 0 Å². The maximum absolute atomic E-state index is 9.77. The molecule has 5 rings (SSSR count). The van der Waals surface area contributed by atoms with Gasteiger partial charge in [0.2, 0.25) is 0 Å². The average Bonchev–Trinajstić information content (AvgIpc) is 2.35. The van der Waals surface area contributed by atoms with Crippen LogP contribution in [0.4, 0.5) is 0 Å². The second kappa shape index (κ2) is 3.40. The van der Waals surface area contributed by atoms with Crippen LogP contribution in [0.5, 0.6) is 5.75 Å². The Balaban J connectivity index is 1.84. The van der Waals surface area contributed by atoms with Gasteiger partial charge in [0.25, 0.3) is 0 Å². The van der Waals surface area contributed by atoms with Crippen molar-refractivity contribution in [1.82, 2.24) is 0 Å². The molecule has 0 aromatic heterocycles. The van der Waals surface area contributed by atoms with Crippen molar-refractivity contribution in [3.05, 3.63) is 42.0 Å². The number of benzene rings is 1. The summed E-state index contributed by atoms with van der Waals surface area (Å²) in [5.74, 6) is 2.94. The van der Waals surface area contributed by atoms with E-state index in [0.29, 0.717) is 5.75 Å². The maximum atomic E-state index is 9.77. The van der Waals surface area contributed by atoms with Crippen LogP contribution in [0.1, 0.15) is 37.7 Å². The number of phenols is 1. The zero-order valence-corrected chi connectivity index (χ0v) is 10.7. The summed E-state index contributed by atoms with van der Waals surface area (Å²) in [6, 6.07) is 7.92. The van der Waals surface area contributed by atoms with Gasteiger partial charge in [0.1, 0.15) is 5.75 Å².